The lowest BCUT2D eigenvalue weighted by Crippen LogP contribution is -2.33. The summed E-state index contributed by atoms with van der Waals surface area (Å²) in [4.78, 5) is 12.2. The molecule has 0 radical (unpaired) electrons. The highest BCUT2D eigenvalue weighted by molar-refractivity contribution is 6.05. The van der Waals surface area contributed by atoms with Gasteiger partial charge in [-0.05, 0) is 44.3 Å². The summed E-state index contributed by atoms with van der Waals surface area (Å²) in [7, 11) is 0. The first-order valence-corrected chi connectivity index (χ1v) is 7.30. The smallest absolute Gasteiger partial charge is 0.255 e. The van der Waals surface area contributed by atoms with Crippen LogP contribution in [0.2, 0.25) is 0 Å². The topological polar surface area (TPSA) is 54.3 Å². The molecule has 0 bridgehead atoms. The van der Waals surface area contributed by atoms with E-state index in [1.807, 2.05) is 24.3 Å². The number of halogens is 1. The van der Waals surface area contributed by atoms with E-state index in [1.165, 1.54) is 12.8 Å². The van der Waals surface area contributed by atoms with Crippen LogP contribution in [-0.4, -0.2) is 25.5 Å². The first kappa shape index (κ1) is 15.9. The maximum Gasteiger partial charge on any atom is 0.255 e. The summed E-state index contributed by atoms with van der Waals surface area (Å²) < 4.78 is 5.40. The molecule has 1 aromatic carbocycles. The predicted octanol–water partition coefficient (Wildman–Crippen LogP) is 2.97. The Bertz CT molecular complexity index is 591. The van der Waals surface area contributed by atoms with E-state index in [0.717, 1.165) is 37.0 Å². The van der Waals surface area contributed by atoms with Crippen molar-refractivity contribution in [2.45, 2.75) is 19.3 Å². The van der Waals surface area contributed by atoms with E-state index in [4.69, 9.17) is 4.42 Å². The Morgan fingerprint density at radius 1 is 1.38 bits per heavy atom. The summed E-state index contributed by atoms with van der Waals surface area (Å²) >= 11 is 0. The molecule has 1 aliphatic heterocycles. The number of benzene rings is 1. The molecular weight excluding hydrogens is 288 g/mol. The summed E-state index contributed by atoms with van der Waals surface area (Å²) in [5.74, 6) is 0.642. The minimum absolute atomic E-state index is 0. The normalized spacial score (nSPS) is 18.2. The zero-order valence-electron chi connectivity index (χ0n) is 11.9. The monoisotopic (exact) mass is 308 g/mol. The molecule has 0 saturated carbocycles. The van der Waals surface area contributed by atoms with Gasteiger partial charge in [-0.3, -0.25) is 4.79 Å². The average Bonchev–Trinajstić information content (AvgIpc) is 2.92. The minimum atomic E-state index is -0.0429. The van der Waals surface area contributed by atoms with Crippen molar-refractivity contribution in [1.82, 2.24) is 10.6 Å². The van der Waals surface area contributed by atoms with Crippen LogP contribution >= 0.6 is 12.4 Å². The van der Waals surface area contributed by atoms with Crippen molar-refractivity contribution in [1.29, 1.82) is 0 Å². The van der Waals surface area contributed by atoms with Crippen LogP contribution in [0.1, 0.15) is 29.6 Å². The van der Waals surface area contributed by atoms with Gasteiger partial charge in [0.1, 0.15) is 11.8 Å². The fourth-order valence-electron chi connectivity index (χ4n) is 2.81. The summed E-state index contributed by atoms with van der Waals surface area (Å²) in [5.41, 5.74) is 1.39. The number of nitrogens with one attached hydrogen (secondary N) is 2. The number of piperidine rings is 1. The molecule has 0 spiro atoms. The molecule has 5 heteroatoms. The molecule has 1 atom stereocenters. The first-order valence-electron chi connectivity index (χ1n) is 7.30. The van der Waals surface area contributed by atoms with E-state index in [9.17, 15) is 4.79 Å². The lowest BCUT2D eigenvalue weighted by molar-refractivity contribution is 0.0951. The van der Waals surface area contributed by atoms with Crippen LogP contribution in [0.25, 0.3) is 11.0 Å². The molecule has 0 aliphatic carbocycles. The molecule has 1 aliphatic rings. The largest absolute Gasteiger partial charge is 0.463 e. The summed E-state index contributed by atoms with van der Waals surface area (Å²) in [6.45, 7) is 2.93. The Labute approximate surface area is 130 Å². The Morgan fingerprint density at radius 2 is 2.24 bits per heavy atom. The fraction of sp³-hybridized carbons (Fsp3) is 0.438. The second kappa shape index (κ2) is 7.48. The van der Waals surface area contributed by atoms with Gasteiger partial charge in [-0.25, -0.2) is 0 Å². The van der Waals surface area contributed by atoms with Crippen molar-refractivity contribution in [2.75, 3.05) is 19.6 Å². The lowest BCUT2D eigenvalue weighted by atomic mass is 9.96. The van der Waals surface area contributed by atoms with Crippen molar-refractivity contribution >= 4 is 29.3 Å². The molecule has 1 fully saturated rings. The number of furan rings is 1. The van der Waals surface area contributed by atoms with E-state index in [-0.39, 0.29) is 18.3 Å². The number of rotatable bonds is 4. The standard InChI is InChI=1S/C16H20N2O2.ClH/c19-16(18-9-7-12-4-3-8-17-10-12)14-11-20-15-6-2-1-5-13(14)15;/h1-2,5-6,11-12,17H,3-4,7-10H2,(H,18,19);1H. The van der Waals surface area contributed by atoms with Gasteiger partial charge in [0.25, 0.3) is 5.91 Å². The number of fused-ring (bicyclic) bond motifs is 1. The van der Waals surface area contributed by atoms with Crippen molar-refractivity contribution in [2.24, 2.45) is 5.92 Å². The maximum absolute atomic E-state index is 12.2. The van der Waals surface area contributed by atoms with E-state index in [2.05, 4.69) is 10.6 Å². The summed E-state index contributed by atoms with van der Waals surface area (Å²) in [6.07, 6.45) is 5.08. The number of carbonyl (C=O) groups excluding carboxylic acids is 1. The molecule has 2 aromatic rings. The fourth-order valence-corrected chi connectivity index (χ4v) is 2.81. The second-order valence-corrected chi connectivity index (χ2v) is 5.40. The quantitative estimate of drug-likeness (QED) is 0.913. The Kier molecular flexibility index (Phi) is 5.65. The third-order valence-corrected chi connectivity index (χ3v) is 3.96. The SMILES string of the molecule is Cl.O=C(NCCC1CCCNC1)c1coc2ccccc12. The van der Waals surface area contributed by atoms with Crippen molar-refractivity contribution in [3.63, 3.8) is 0 Å². The van der Waals surface area contributed by atoms with Crippen LogP contribution in [0, 0.1) is 5.92 Å². The Morgan fingerprint density at radius 3 is 3.05 bits per heavy atom. The van der Waals surface area contributed by atoms with Gasteiger partial charge in [0.2, 0.25) is 0 Å². The van der Waals surface area contributed by atoms with Crippen LogP contribution in [0.3, 0.4) is 0 Å². The predicted molar refractivity (Wildman–Crippen MR) is 86.0 cm³/mol. The molecule has 1 unspecified atom stereocenters. The third kappa shape index (κ3) is 3.77. The lowest BCUT2D eigenvalue weighted by Gasteiger charge is -2.22. The number of hydrogen-bond donors (Lipinski definition) is 2. The molecule has 2 N–H and O–H groups in total. The highest BCUT2D eigenvalue weighted by atomic mass is 35.5. The highest BCUT2D eigenvalue weighted by Gasteiger charge is 2.15. The molecule has 4 nitrogen and oxygen atoms in total. The molecule has 2 heterocycles. The number of para-hydroxylation sites is 1. The Balaban J connectivity index is 0.00000161. The van der Waals surface area contributed by atoms with Gasteiger partial charge in [-0.15, -0.1) is 12.4 Å². The Hall–Kier alpha value is -1.52. The van der Waals surface area contributed by atoms with E-state index in [1.54, 1.807) is 6.26 Å². The van der Waals surface area contributed by atoms with Crippen molar-refractivity contribution < 1.29 is 9.21 Å². The van der Waals surface area contributed by atoms with Crippen LogP contribution in [-0.2, 0) is 0 Å². The zero-order valence-corrected chi connectivity index (χ0v) is 12.7. The van der Waals surface area contributed by atoms with Gasteiger partial charge < -0.3 is 15.1 Å². The highest BCUT2D eigenvalue weighted by Crippen LogP contribution is 2.20. The van der Waals surface area contributed by atoms with Crippen LogP contribution in [0.4, 0.5) is 0 Å². The number of hydrogen-bond acceptors (Lipinski definition) is 3. The average molecular weight is 309 g/mol. The van der Waals surface area contributed by atoms with Crippen LogP contribution < -0.4 is 10.6 Å². The number of amides is 1. The second-order valence-electron chi connectivity index (χ2n) is 5.40. The van der Waals surface area contributed by atoms with Crippen molar-refractivity contribution in [3.8, 4) is 0 Å². The molecule has 3 rings (SSSR count). The van der Waals surface area contributed by atoms with Gasteiger partial charge >= 0.3 is 0 Å². The van der Waals surface area contributed by atoms with E-state index < -0.39 is 0 Å². The first-order chi connectivity index (χ1) is 9.84. The van der Waals surface area contributed by atoms with Gasteiger partial charge in [-0.2, -0.15) is 0 Å². The van der Waals surface area contributed by atoms with Gasteiger partial charge in [0.15, 0.2) is 0 Å². The third-order valence-electron chi connectivity index (χ3n) is 3.96. The molecule has 1 aromatic heterocycles. The molecule has 1 amide bonds. The van der Waals surface area contributed by atoms with Gasteiger partial charge in [-0.1, -0.05) is 18.2 Å². The van der Waals surface area contributed by atoms with E-state index >= 15 is 0 Å². The maximum atomic E-state index is 12.2. The van der Waals surface area contributed by atoms with E-state index in [0.29, 0.717) is 11.5 Å². The van der Waals surface area contributed by atoms with Crippen LogP contribution in [0.5, 0.6) is 0 Å². The van der Waals surface area contributed by atoms with Gasteiger partial charge in [0.05, 0.1) is 5.56 Å². The molecule has 1 saturated heterocycles. The number of carbonyl (C=O) groups is 1. The molecule has 114 valence electrons. The molecule has 21 heavy (non-hydrogen) atoms. The summed E-state index contributed by atoms with van der Waals surface area (Å²) in [6, 6.07) is 7.62. The van der Waals surface area contributed by atoms with Crippen LogP contribution in [0.15, 0.2) is 34.9 Å². The van der Waals surface area contributed by atoms with Gasteiger partial charge in [0, 0.05) is 11.9 Å². The minimum Gasteiger partial charge on any atom is -0.463 e. The van der Waals surface area contributed by atoms with Crippen molar-refractivity contribution in [3.05, 3.63) is 36.1 Å². The zero-order chi connectivity index (χ0) is 13.8. The molecular formula is C16H21ClN2O2. The summed E-state index contributed by atoms with van der Waals surface area (Å²) in [5, 5.41) is 7.27.